The number of hydrogen-bond donors (Lipinski definition) is 3. The van der Waals surface area contributed by atoms with Crippen molar-refractivity contribution in [3.8, 4) is 5.75 Å². The molecule has 0 aliphatic carbocycles. The SMILES string of the molecule is Cc1cccc(NC(=O)CN2C(=O)N/C(=C/c3cc([N+](=O)[O-])ccc3O)C2=O)c1. The number of nitrogens with one attached hydrogen (secondary N) is 2. The van der Waals surface area contributed by atoms with E-state index in [1.165, 1.54) is 0 Å². The number of benzene rings is 2. The zero-order valence-electron chi connectivity index (χ0n) is 15.2. The maximum Gasteiger partial charge on any atom is 0.329 e. The van der Waals surface area contributed by atoms with E-state index >= 15 is 0 Å². The number of aromatic hydroxyl groups is 1. The summed E-state index contributed by atoms with van der Waals surface area (Å²) >= 11 is 0. The molecule has 1 aliphatic heterocycles. The van der Waals surface area contributed by atoms with Gasteiger partial charge in [-0.25, -0.2) is 9.69 Å². The molecule has 0 aromatic heterocycles. The lowest BCUT2D eigenvalue weighted by molar-refractivity contribution is -0.384. The quantitative estimate of drug-likeness (QED) is 0.306. The molecule has 0 saturated carbocycles. The summed E-state index contributed by atoms with van der Waals surface area (Å²) in [6.45, 7) is 1.34. The van der Waals surface area contributed by atoms with Gasteiger partial charge in [-0.2, -0.15) is 0 Å². The summed E-state index contributed by atoms with van der Waals surface area (Å²) in [5.74, 6) is -1.67. The van der Waals surface area contributed by atoms with Crippen molar-refractivity contribution in [1.29, 1.82) is 0 Å². The number of anilines is 1. The van der Waals surface area contributed by atoms with Crippen molar-refractivity contribution in [3.05, 3.63) is 69.4 Å². The van der Waals surface area contributed by atoms with Crippen LogP contribution in [0.25, 0.3) is 6.08 Å². The van der Waals surface area contributed by atoms with Crippen LogP contribution in [0.15, 0.2) is 48.2 Å². The highest BCUT2D eigenvalue weighted by Crippen LogP contribution is 2.26. The van der Waals surface area contributed by atoms with E-state index in [0.717, 1.165) is 29.8 Å². The van der Waals surface area contributed by atoms with Crippen LogP contribution in [-0.2, 0) is 9.59 Å². The Labute approximate surface area is 164 Å². The molecule has 2 aromatic carbocycles. The van der Waals surface area contributed by atoms with Crippen molar-refractivity contribution in [3.63, 3.8) is 0 Å². The van der Waals surface area contributed by atoms with E-state index in [0.29, 0.717) is 10.6 Å². The molecule has 0 bridgehead atoms. The average Bonchev–Trinajstić information content (AvgIpc) is 2.90. The van der Waals surface area contributed by atoms with Crippen LogP contribution in [0, 0.1) is 17.0 Å². The third-order valence-corrected chi connectivity index (χ3v) is 4.09. The number of phenols is 1. The first-order valence-electron chi connectivity index (χ1n) is 8.43. The van der Waals surface area contributed by atoms with Crippen LogP contribution >= 0.6 is 0 Å². The molecule has 148 valence electrons. The lowest BCUT2D eigenvalue weighted by Crippen LogP contribution is -2.38. The summed E-state index contributed by atoms with van der Waals surface area (Å²) in [4.78, 5) is 47.7. The van der Waals surface area contributed by atoms with Gasteiger partial charge in [0.15, 0.2) is 0 Å². The van der Waals surface area contributed by atoms with Crippen LogP contribution in [0.2, 0.25) is 0 Å². The van der Waals surface area contributed by atoms with Gasteiger partial charge in [-0.1, -0.05) is 12.1 Å². The van der Waals surface area contributed by atoms with Crippen LogP contribution in [0.4, 0.5) is 16.2 Å². The first-order chi connectivity index (χ1) is 13.7. The third kappa shape index (κ3) is 4.38. The van der Waals surface area contributed by atoms with Crippen molar-refractivity contribution in [1.82, 2.24) is 10.2 Å². The maximum absolute atomic E-state index is 12.5. The van der Waals surface area contributed by atoms with E-state index in [9.17, 15) is 29.6 Å². The van der Waals surface area contributed by atoms with Crippen LogP contribution in [0.5, 0.6) is 5.75 Å². The number of carbonyl (C=O) groups excluding carboxylic acids is 3. The number of nitrogens with zero attached hydrogens (tertiary/aromatic N) is 2. The first-order valence-corrected chi connectivity index (χ1v) is 8.43. The Hall–Kier alpha value is -4.21. The number of hydrogen-bond acceptors (Lipinski definition) is 6. The minimum Gasteiger partial charge on any atom is -0.507 e. The monoisotopic (exact) mass is 396 g/mol. The second-order valence-corrected chi connectivity index (χ2v) is 6.30. The molecule has 3 rings (SSSR count). The van der Waals surface area contributed by atoms with E-state index < -0.39 is 29.3 Å². The van der Waals surface area contributed by atoms with Crippen LogP contribution < -0.4 is 10.6 Å². The van der Waals surface area contributed by atoms with Gasteiger partial charge in [0.05, 0.1) is 4.92 Å². The molecular formula is C19H16N4O6. The van der Waals surface area contributed by atoms with Gasteiger partial charge in [0.25, 0.3) is 11.6 Å². The maximum atomic E-state index is 12.5. The molecule has 0 unspecified atom stereocenters. The van der Waals surface area contributed by atoms with Crippen molar-refractivity contribution in [2.24, 2.45) is 0 Å². The molecule has 0 radical (unpaired) electrons. The number of urea groups is 1. The van der Waals surface area contributed by atoms with Crippen LogP contribution in [-0.4, -0.2) is 39.3 Å². The number of carbonyl (C=O) groups is 3. The smallest absolute Gasteiger partial charge is 0.329 e. The largest absolute Gasteiger partial charge is 0.507 e. The van der Waals surface area contributed by atoms with E-state index in [2.05, 4.69) is 10.6 Å². The predicted octanol–water partition coefficient (Wildman–Crippen LogP) is 2.14. The van der Waals surface area contributed by atoms with Gasteiger partial charge in [-0.3, -0.25) is 19.7 Å². The molecule has 1 aliphatic rings. The molecule has 1 heterocycles. The molecule has 4 amide bonds. The Morgan fingerprint density at radius 1 is 1.28 bits per heavy atom. The Morgan fingerprint density at radius 2 is 2.03 bits per heavy atom. The average molecular weight is 396 g/mol. The van der Waals surface area contributed by atoms with Gasteiger partial charge in [-0.05, 0) is 36.8 Å². The Morgan fingerprint density at radius 3 is 2.72 bits per heavy atom. The minimum atomic E-state index is -0.814. The van der Waals surface area contributed by atoms with Crippen molar-refractivity contribution in [2.45, 2.75) is 6.92 Å². The number of phenolic OH excluding ortho intramolecular Hbond substituents is 1. The van der Waals surface area contributed by atoms with Gasteiger partial charge in [0.2, 0.25) is 5.91 Å². The summed E-state index contributed by atoms with van der Waals surface area (Å²) in [7, 11) is 0. The highest BCUT2D eigenvalue weighted by molar-refractivity contribution is 6.16. The number of non-ortho nitro benzene ring substituents is 1. The predicted molar refractivity (Wildman–Crippen MR) is 103 cm³/mol. The molecule has 10 nitrogen and oxygen atoms in total. The van der Waals surface area contributed by atoms with Crippen molar-refractivity contribution >= 4 is 35.3 Å². The normalized spacial score (nSPS) is 14.8. The van der Waals surface area contributed by atoms with Gasteiger partial charge in [0.1, 0.15) is 18.0 Å². The van der Waals surface area contributed by atoms with E-state index in [4.69, 9.17) is 0 Å². The molecule has 1 saturated heterocycles. The second kappa shape index (κ2) is 7.80. The van der Waals surface area contributed by atoms with Crippen LogP contribution in [0.1, 0.15) is 11.1 Å². The van der Waals surface area contributed by atoms with Crippen molar-refractivity contribution in [2.75, 3.05) is 11.9 Å². The van der Waals surface area contributed by atoms with Crippen LogP contribution in [0.3, 0.4) is 0 Å². The van der Waals surface area contributed by atoms with E-state index in [1.807, 2.05) is 13.0 Å². The number of nitro benzene ring substituents is 1. The molecule has 29 heavy (non-hydrogen) atoms. The molecule has 10 heteroatoms. The highest BCUT2D eigenvalue weighted by Gasteiger charge is 2.35. The lowest BCUT2D eigenvalue weighted by Gasteiger charge is -2.12. The molecule has 3 N–H and O–H groups in total. The Kier molecular flexibility index (Phi) is 5.26. The van der Waals surface area contributed by atoms with Gasteiger partial charge >= 0.3 is 6.03 Å². The van der Waals surface area contributed by atoms with Crippen molar-refractivity contribution < 1.29 is 24.4 Å². The molecular weight excluding hydrogens is 380 g/mol. The van der Waals surface area contributed by atoms with E-state index in [-0.39, 0.29) is 22.7 Å². The molecule has 1 fully saturated rings. The lowest BCUT2D eigenvalue weighted by atomic mass is 10.1. The van der Waals surface area contributed by atoms with Gasteiger partial charge < -0.3 is 15.7 Å². The number of imide groups is 1. The fraction of sp³-hybridized carbons (Fsp3) is 0.105. The summed E-state index contributed by atoms with van der Waals surface area (Å²) in [6, 6.07) is 9.49. The fourth-order valence-corrected chi connectivity index (χ4v) is 2.71. The fourth-order valence-electron chi connectivity index (χ4n) is 2.71. The number of amides is 4. The minimum absolute atomic E-state index is 0.0195. The summed E-state index contributed by atoms with van der Waals surface area (Å²) in [6.07, 6.45) is 1.11. The molecule has 0 atom stereocenters. The summed E-state index contributed by atoms with van der Waals surface area (Å²) < 4.78 is 0. The third-order valence-electron chi connectivity index (χ3n) is 4.09. The second-order valence-electron chi connectivity index (χ2n) is 6.30. The topological polar surface area (TPSA) is 142 Å². The number of aryl methyl sites for hydroxylation is 1. The molecule has 0 spiro atoms. The summed E-state index contributed by atoms with van der Waals surface area (Å²) in [5.41, 5.74) is 0.933. The van der Waals surface area contributed by atoms with E-state index in [1.54, 1.807) is 18.2 Å². The number of nitro groups is 1. The zero-order chi connectivity index (χ0) is 21.1. The number of rotatable bonds is 5. The standard InChI is InChI=1S/C19H16N4O6/c1-11-3-2-4-13(7-11)20-17(25)10-22-18(26)15(21-19(22)27)9-12-8-14(23(28)29)5-6-16(12)24/h2-9,24H,10H2,1H3,(H,20,25)(H,21,27)/b15-9+. The summed E-state index contributed by atoms with van der Waals surface area (Å²) in [5, 5.41) is 25.6. The Balaban J connectivity index is 1.76. The Bertz CT molecular complexity index is 1060. The first kappa shape index (κ1) is 19.5. The van der Waals surface area contributed by atoms with Gasteiger partial charge in [0, 0.05) is 23.4 Å². The zero-order valence-corrected chi connectivity index (χ0v) is 15.2. The molecule has 2 aromatic rings. The van der Waals surface area contributed by atoms with Gasteiger partial charge in [-0.15, -0.1) is 0 Å². The highest BCUT2D eigenvalue weighted by atomic mass is 16.6.